The Hall–Kier alpha value is -1.31. The zero-order chi connectivity index (χ0) is 21.7. The Balaban J connectivity index is 4.50. The molecule has 0 spiro atoms. The Morgan fingerprint density at radius 1 is 0.864 bits per heavy atom. The summed E-state index contributed by atoms with van der Waals surface area (Å²) < 4.78 is 47.6. The molecule has 0 amide bonds. The van der Waals surface area contributed by atoms with Gasteiger partial charge in [0.05, 0.1) is 0 Å². The molecule has 2 nitrogen and oxygen atoms in total. The first-order chi connectivity index (χ1) is 12.9. The first-order valence-electron chi connectivity index (χ1n) is 11.2. The zero-order valence-corrected chi connectivity index (χ0v) is 13.7. The molecule has 0 aromatic rings. The van der Waals surface area contributed by atoms with Gasteiger partial charge in [-0.15, -0.1) is 0 Å². The molecule has 0 unspecified atom stereocenters. The van der Waals surface area contributed by atoms with E-state index in [-0.39, 0.29) is 19.3 Å². The van der Waals surface area contributed by atoms with Crippen LogP contribution in [0.4, 0.5) is 0 Å². The fourth-order valence-corrected chi connectivity index (χ4v) is 1.67. The molecule has 0 heterocycles. The van der Waals surface area contributed by atoms with Crippen LogP contribution in [0, 0.1) is 0 Å². The van der Waals surface area contributed by atoms with Crippen molar-refractivity contribution in [2.45, 2.75) is 83.8 Å². The molecule has 0 aliphatic rings. The first-order valence-corrected chi connectivity index (χ1v) is 8.17. The number of hydrogen-bond donors (Lipinski definition) is 1. The second-order valence-corrected chi connectivity index (χ2v) is 4.99. The summed E-state index contributed by atoms with van der Waals surface area (Å²) in [6.45, 7) is 2.10. The number of carboxylic acid groups (broad SMARTS) is 1. The molecular formula is C20H34O2. The highest BCUT2D eigenvalue weighted by Gasteiger charge is 1.93. The molecule has 0 aliphatic heterocycles. The van der Waals surface area contributed by atoms with Crippen LogP contribution in [0.2, 0.25) is 0 Å². The Morgan fingerprint density at radius 3 is 2.14 bits per heavy atom. The van der Waals surface area contributed by atoms with Crippen molar-refractivity contribution in [1.29, 1.82) is 0 Å². The lowest BCUT2D eigenvalue weighted by Crippen LogP contribution is -1.92. The molecular weight excluding hydrogens is 272 g/mol. The van der Waals surface area contributed by atoms with E-state index in [0.717, 1.165) is 25.7 Å². The fourth-order valence-electron chi connectivity index (χ4n) is 1.67. The van der Waals surface area contributed by atoms with E-state index in [0.29, 0.717) is 12.8 Å². The van der Waals surface area contributed by atoms with E-state index in [9.17, 15) is 4.79 Å². The van der Waals surface area contributed by atoms with Gasteiger partial charge >= 0.3 is 5.97 Å². The van der Waals surface area contributed by atoms with Crippen LogP contribution in [0.1, 0.15) is 92.1 Å². The second-order valence-electron chi connectivity index (χ2n) is 4.99. The van der Waals surface area contributed by atoms with E-state index in [4.69, 9.17) is 13.3 Å². The number of allylic oxidation sites excluding steroid dienone is 6. The van der Waals surface area contributed by atoms with Crippen LogP contribution in [0.3, 0.4) is 0 Å². The van der Waals surface area contributed by atoms with Gasteiger partial charge in [-0.2, -0.15) is 0 Å². The lowest BCUT2D eigenvalue weighted by atomic mass is 10.1. The molecule has 0 saturated heterocycles. The van der Waals surface area contributed by atoms with Gasteiger partial charge in [0.2, 0.25) is 0 Å². The molecule has 0 bridgehead atoms. The summed E-state index contributed by atoms with van der Waals surface area (Å²) in [5.41, 5.74) is 0. The third-order valence-electron chi connectivity index (χ3n) is 2.90. The summed E-state index contributed by atoms with van der Waals surface area (Å²) in [5.74, 6) is -0.882. The quantitative estimate of drug-likeness (QED) is 0.279. The van der Waals surface area contributed by atoms with Gasteiger partial charge in [-0.25, -0.2) is 0 Å². The summed E-state index contributed by atoms with van der Waals surface area (Å²) in [7, 11) is 0. The van der Waals surface area contributed by atoms with E-state index >= 15 is 0 Å². The predicted octanol–water partition coefficient (Wildman–Crippen LogP) is 6.44. The highest BCUT2D eigenvalue weighted by atomic mass is 16.4. The molecule has 0 aromatic carbocycles. The molecule has 0 aliphatic carbocycles. The maximum absolute atomic E-state index is 10.4. The minimum Gasteiger partial charge on any atom is -0.481 e. The first kappa shape index (κ1) is 12.2. The molecule has 2 heteroatoms. The molecule has 0 atom stereocenters. The average Bonchev–Trinajstić information content (AvgIpc) is 2.58. The summed E-state index contributed by atoms with van der Waals surface area (Å²) in [4.78, 5) is 10.4. The van der Waals surface area contributed by atoms with Crippen molar-refractivity contribution in [2.24, 2.45) is 0 Å². The minimum absolute atomic E-state index is 0.0374. The van der Waals surface area contributed by atoms with Crippen molar-refractivity contribution in [3.63, 3.8) is 0 Å². The third kappa shape index (κ3) is 18.7. The molecule has 0 saturated carbocycles. The Bertz CT molecular complexity index is 539. The van der Waals surface area contributed by atoms with Gasteiger partial charge in [0, 0.05) is 14.6 Å². The van der Waals surface area contributed by atoms with Crippen LogP contribution in [0.15, 0.2) is 36.5 Å². The third-order valence-corrected chi connectivity index (χ3v) is 2.90. The molecule has 1 N–H and O–H groups in total. The second kappa shape index (κ2) is 17.7. The summed E-state index contributed by atoms with van der Waals surface area (Å²) in [6, 6.07) is 0. The largest absolute Gasteiger partial charge is 0.481 e. The van der Waals surface area contributed by atoms with E-state index < -0.39 is 25.1 Å². The van der Waals surface area contributed by atoms with Gasteiger partial charge in [0.1, 0.15) is 0 Å². The smallest absolute Gasteiger partial charge is 0.303 e. The van der Waals surface area contributed by atoms with E-state index in [1.807, 2.05) is 0 Å². The Kier molecular flexibility index (Phi) is 9.80. The number of rotatable bonds is 15. The highest BCUT2D eigenvalue weighted by molar-refractivity contribution is 5.66. The summed E-state index contributed by atoms with van der Waals surface area (Å²) in [6.07, 6.45) is 8.12. The summed E-state index contributed by atoms with van der Waals surface area (Å²) in [5, 5.41) is 8.56. The number of hydrogen-bond acceptors (Lipinski definition) is 1. The van der Waals surface area contributed by atoms with Crippen molar-refractivity contribution in [3.8, 4) is 0 Å². The van der Waals surface area contributed by atoms with E-state index in [1.54, 1.807) is 12.2 Å². The van der Waals surface area contributed by atoms with Gasteiger partial charge < -0.3 is 5.11 Å². The topological polar surface area (TPSA) is 37.3 Å². The van der Waals surface area contributed by atoms with Crippen molar-refractivity contribution >= 4 is 5.97 Å². The van der Waals surface area contributed by atoms with Gasteiger partial charge in [0.25, 0.3) is 0 Å². The number of carboxylic acids is 1. The van der Waals surface area contributed by atoms with Gasteiger partial charge in [-0.3, -0.25) is 4.79 Å². The molecule has 0 aromatic heterocycles. The van der Waals surface area contributed by atoms with Crippen LogP contribution in [0.25, 0.3) is 0 Å². The molecule has 0 rings (SSSR count). The zero-order valence-electron chi connectivity index (χ0n) is 19.7. The number of carbonyl (C=O) groups is 1. The lowest BCUT2D eigenvalue weighted by molar-refractivity contribution is -0.137. The molecule has 22 heavy (non-hydrogen) atoms. The van der Waals surface area contributed by atoms with Crippen LogP contribution >= 0.6 is 0 Å². The monoisotopic (exact) mass is 312 g/mol. The van der Waals surface area contributed by atoms with Crippen molar-refractivity contribution in [3.05, 3.63) is 36.5 Å². The molecule has 0 radical (unpaired) electrons. The van der Waals surface area contributed by atoms with E-state index in [1.165, 1.54) is 24.3 Å². The SMILES string of the molecule is [2H]C([2H])(/C=C\CCCCC)/C=C\C([2H])([2H])CCC([2H])([2H])/C=C\CCCC(=O)O. The standard InChI is InChI=1S/C20H34O2/c1-2-3-4-5-6-7-8-9-10-11-12-13-14-15-16-17-18-19-20(21)22/h6-7,9-10,15-16H,2-5,8,11-14,17-19H2,1H3,(H,21,22)/b7-6-,10-9-,16-15-/i8D2,11D2,14D2. The van der Waals surface area contributed by atoms with Crippen LogP contribution in [-0.4, -0.2) is 11.1 Å². The fraction of sp³-hybridized carbons (Fsp3) is 0.650. The molecule has 126 valence electrons. The van der Waals surface area contributed by atoms with Crippen molar-refractivity contribution < 1.29 is 18.1 Å². The minimum atomic E-state index is -1.81. The van der Waals surface area contributed by atoms with Crippen LogP contribution in [-0.2, 0) is 4.79 Å². The van der Waals surface area contributed by atoms with E-state index in [2.05, 4.69) is 6.92 Å². The van der Waals surface area contributed by atoms with Crippen LogP contribution < -0.4 is 0 Å². The average molecular weight is 313 g/mol. The Morgan fingerprint density at radius 2 is 1.45 bits per heavy atom. The number of unbranched alkanes of at least 4 members (excludes halogenated alkanes) is 4. The molecule has 0 fully saturated rings. The van der Waals surface area contributed by atoms with Gasteiger partial charge in [-0.1, -0.05) is 56.2 Å². The van der Waals surface area contributed by atoms with Crippen molar-refractivity contribution in [1.82, 2.24) is 0 Å². The van der Waals surface area contributed by atoms with Crippen LogP contribution in [0.5, 0.6) is 0 Å². The lowest BCUT2D eigenvalue weighted by Gasteiger charge is -1.94. The summed E-state index contributed by atoms with van der Waals surface area (Å²) >= 11 is 0. The van der Waals surface area contributed by atoms with Gasteiger partial charge in [0.15, 0.2) is 0 Å². The van der Waals surface area contributed by atoms with Crippen molar-refractivity contribution in [2.75, 3.05) is 0 Å². The maximum atomic E-state index is 10.4. The predicted molar refractivity (Wildman–Crippen MR) is 96.1 cm³/mol. The normalized spacial score (nSPS) is 18.0. The van der Waals surface area contributed by atoms with Gasteiger partial charge in [-0.05, 0) is 57.6 Å². The number of aliphatic carboxylic acids is 1. The highest BCUT2D eigenvalue weighted by Crippen LogP contribution is 2.05. The Labute approximate surface area is 145 Å². The maximum Gasteiger partial charge on any atom is 0.303 e.